The van der Waals surface area contributed by atoms with Crippen molar-refractivity contribution in [3.8, 4) is 0 Å². The number of nitrogens with one attached hydrogen (secondary N) is 1. The van der Waals surface area contributed by atoms with Crippen molar-refractivity contribution in [2.45, 2.75) is 39.0 Å². The van der Waals surface area contributed by atoms with Gasteiger partial charge in [-0.25, -0.2) is 5.84 Å². The second-order valence-electron chi connectivity index (χ2n) is 4.22. The van der Waals surface area contributed by atoms with Crippen molar-refractivity contribution in [1.82, 2.24) is 5.43 Å². The second kappa shape index (κ2) is 4.46. The van der Waals surface area contributed by atoms with Crippen molar-refractivity contribution in [3.63, 3.8) is 0 Å². The van der Waals surface area contributed by atoms with Crippen LogP contribution in [0.1, 0.15) is 39.0 Å². The normalized spacial score (nSPS) is 22.8. The van der Waals surface area contributed by atoms with E-state index in [9.17, 15) is 0 Å². The molecule has 0 spiro atoms. The highest BCUT2D eigenvalue weighted by Gasteiger charge is 2.26. The van der Waals surface area contributed by atoms with E-state index in [1.165, 1.54) is 32.1 Å². The largest absolute Gasteiger partial charge is 0.369 e. The van der Waals surface area contributed by atoms with E-state index < -0.39 is 0 Å². The van der Waals surface area contributed by atoms with Crippen molar-refractivity contribution in [2.24, 2.45) is 22.0 Å². The summed E-state index contributed by atoms with van der Waals surface area (Å²) in [7, 11) is 0. The van der Waals surface area contributed by atoms with Gasteiger partial charge in [0.1, 0.15) is 0 Å². The van der Waals surface area contributed by atoms with Gasteiger partial charge in [0.05, 0.1) is 0 Å². The molecule has 1 aliphatic rings. The minimum Gasteiger partial charge on any atom is -0.369 e. The van der Waals surface area contributed by atoms with Crippen LogP contribution in [-0.2, 0) is 0 Å². The third-order valence-corrected chi connectivity index (χ3v) is 2.84. The first-order valence-electron chi connectivity index (χ1n) is 4.93. The number of nitrogens with zero attached hydrogens (tertiary/aromatic N) is 1. The summed E-state index contributed by atoms with van der Waals surface area (Å²) < 4.78 is 0. The molecule has 4 heteroatoms. The Balaban J connectivity index is 2.41. The third kappa shape index (κ3) is 3.22. The molecule has 0 amide bonds. The number of rotatable bonds is 2. The zero-order valence-electron chi connectivity index (χ0n) is 8.34. The molecule has 1 fully saturated rings. The highest BCUT2D eigenvalue weighted by molar-refractivity contribution is 5.77. The van der Waals surface area contributed by atoms with Crippen molar-refractivity contribution >= 4 is 5.96 Å². The summed E-state index contributed by atoms with van der Waals surface area (Å²) in [5, 5.41) is 0. The number of hydrogen-bond donors (Lipinski definition) is 3. The van der Waals surface area contributed by atoms with E-state index in [-0.39, 0.29) is 0 Å². The number of guanidine groups is 1. The molecule has 5 N–H and O–H groups in total. The molecule has 0 aromatic heterocycles. The monoisotopic (exact) mass is 184 g/mol. The van der Waals surface area contributed by atoms with Crippen LogP contribution in [0.25, 0.3) is 0 Å². The summed E-state index contributed by atoms with van der Waals surface area (Å²) in [5.41, 5.74) is 8.16. The van der Waals surface area contributed by atoms with Crippen LogP contribution in [0, 0.1) is 5.41 Å². The summed E-state index contributed by atoms with van der Waals surface area (Å²) in [6.07, 6.45) is 6.52. The van der Waals surface area contributed by atoms with Gasteiger partial charge < -0.3 is 5.73 Å². The molecule has 0 aliphatic heterocycles. The minimum atomic E-state index is 0.340. The molecule has 0 bridgehead atoms. The van der Waals surface area contributed by atoms with E-state index >= 15 is 0 Å². The number of aliphatic imine (C=N–C) groups is 1. The molecule has 1 rings (SSSR count). The maximum absolute atomic E-state index is 5.46. The lowest BCUT2D eigenvalue weighted by molar-refractivity contribution is 0.227. The zero-order chi connectivity index (χ0) is 9.73. The van der Waals surface area contributed by atoms with Gasteiger partial charge in [-0.1, -0.05) is 26.2 Å². The molecular formula is C9H20N4. The molecule has 0 atom stereocenters. The van der Waals surface area contributed by atoms with Gasteiger partial charge in [0.2, 0.25) is 5.96 Å². The first-order valence-corrected chi connectivity index (χ1v) is 4.93. The van der Waals surface area contributed by atoms with Crippen molar-refractivity contribution in [3.05, 3.63) is 0 Å². The first kappa shape index (κ1) is 10.3. The zero-order valence-corrected chi connectivity index (χ0v) is 8.34. The predicted molar refractivity (Wildman–Crippen MR) is 55.0 cm³/mol. The lowest BCUT2D eigenvalue weighted by Crippen LogP contribution is -2.38. The maximum Gasteiger partial charge on any atom is 0.203 e. The second-order valence-corrected chi connectivity index (χ2v) is 4.22. The van der Waals surface area contributed by atoms with Gasteiger partial charge in [-0.3, -0.25) is 10.4 Å². The molecule has 0 aromatic rings. The summed E-state index contributed by atoms with van der Waals surface area (Å²) in [6.45, 7) is 3.07. The Kier molecular flexibility index (Phi) is 3.54. The van der Waals surface area contributed by atoms with Gasteiger partial charge in [0, 0.05) is 6.54 Å². The van der Waals surface area contributed by atoms with Crippen molar-refractivity contribution in [1.29, 1.82) is 0 Å². The minimum absolute atomic E-state index is 0.340. The van der Waals surface area contributed by atoms with E-state index in [4.69, 9.17) is 11.6 Å². The van der Waals surface area contributed by atoms with Crippen LogP contribution in [0.4, 0.5) is 0 Å². The van der Waals surface area contributed by atoms with Crippen LogP contribution in [0.3, 0.4) is 0 Å². The molecule has 0 radical (unpaired) electrons. The van der Waals surface area contributed by atoms with Gasteiger partial charge in [-0.2, -0.15) is 0 Å². The fourth-order valence-corrected chi connectivity index (χ4v) is 1.89. The Labute approximate surface area is 79.7 Å². The highest BCUT2D eigenvalue weighted by Crippen LogP contribution is 2.35. The third-order valence-electron chi connectivity index (χ3n) is 2.84. The maximum atomic E-state index is 5.46. The van der Waals surface area contributed by atoms with E-state index in [1.54, 1.807) is 0 Å². The van der Waals surface area contributed by atoms with Crippen LogP contribution in [0.15, 0.2) is 4.99 Å². The quantitative estimate of drug-likeness (QED) is 0.256. The van der Waals surface area contributed by atoms with Crippen LogP contribution in [0.2, 0.25) is 0 Å². The van der Waals surface area contributed by atoms with Crippen LogP contribution < -0.4 is 17.0 Å². The summed E-state index contributed by atoms with van der Waals surface area (Å²) in [5.74, 6) is 5.46. The van der Waals surface area contributed by atoms with E-state index in [0.29, 0.717) is 11.4 Å². The highest BCUT2D eigenvalue weighted by atomic mass is 15.3. The standard InChI is InChI=1S/C9H20N4/c1-9(5-3-2-4-6-9)7-12-8(10)13-11/h2-7,11H2,1H3,(H3,10,12,13). The predicted octanol–water partition coefficient (Wildman–Crippen LogP) is 0.735. The number of hydrazine groups is 1. The van der Waals surface area contributed by atoms with Crippen molar-refractivity contribution < 1.29 is 0 Å². The molecule has 0 aromatic carbocycles. The molecular weight excluding hydrogens is 164 g/mol. The lowest BCUT2D eigenvalue weighted by atomic mass is 9.76. The summed E-state index contributed by atoms with van der Waals surface area (Å²) in [6, 6.07) is 0. The van der Waals surface area contributed by atoms with Crippen LogP contribution >= 0.6 is 0 Å². The van der Waals surface area contributed by atoms with E-state index in [2.05, 4.69) is 17.3 Å². The molecule has 13 heavy (non-hydrogen) atoms. The van der Waals surface area contributed by atoms with Gasteiger partial charge in [-0.05, 0) is 18.3 Å². The molecule has 0 unspecified atom stereocenters. The average Bonchev–Trinajstić information content (AvgIpc) is 2.15. The van der Waals surface area contributed by atoms with E-state index in [0.717, 1.165) is 6.54 Å². The topological polar surface area (TPSA) is 76.4 Å². The van der Waals surface area contributed by atoms with Gasteiger partial charge in [0.25, 0.3) is 0 Å². The average molecular weight is 184 g/mol. The number of nitrogens with two attached hydrogens (primary N) is 2. The number of hydrogen-bond acceptors (Lipinski definition) is 2. The van der Waals surface area contributed by atoms with Gasteiger partial charge in [-0.15, -0.1) is 0 Å². The summed E-state index contributed by atoms with van der Waals surface area (Å²) in [4.78, 5) is 4.20. The Morgan fingerprint density at radius 3 is 2.54 bits per heavy atom. The molecule has 1 aliphatic carbocycles. The van der Waals surface area contributed by atoms with Crippen LogP contribution in [-0.4, -0.2) is 12.5 Å². The Bertz CT molecular complexity index is 182. The smallest absolute Gasteiger partial charge is 0.203 e. The van der Waals surface area contributed by atoms with Gasteiger partial charge in [0.15, 0.2) is 0 Å². The Morgan fingerprint density at radius 2 is 2.00 bits per heavy atom. The first-order chi connectivity index (χ1) is 6.16. The SMILES string of the molecule is CC1(CN=C(N)NN)CCCCC1. The summed E-state index contributed by atoms with van der Waals surface area (Å²) >= 11 is 0. The molecule has 4 nitrogen and oxygen atoms in total. The van der Waals surface area contributed by atoms with Crippen molar-refractivity contribution in [2.75, 3.05) is 6.54 Å². The fraction of sp³-hybridized carbons (Fsp3) is 0.889. The Morgan fingerprint density at radius 1 is 1.38 bits per heavy atom. The molecule has 0 saturated heterocycles. The lowest BCUT2D eigenvalue weighted by Gasteiger charge is -2.31. The fourth-order valence-electron chi connectivity index (χ4n) is 1.89. The Hall–Kier alpha value is -0.770. The molecule has 1 saturated carbocycles. The molecule has 76 valence electrons. The molecule has 0 heterocycles. The van der Waals surface area contributed by atoms with E-state index in [1.807, 2.05) is 0 Å². The van der Waals surface area contributed by atoms with Gasteiger partial charge >= 0.3 is 0 Å². The van der Waals surface area contributed by atoms with Crippen LogP contribution in [0.5, 0.6) is 0 Å².